The fraction of sp³-hybridized carbons (Fsp3) is 0.353. The van der Waals surface area contributed by atoms with E-state index in [-0.39, 0.29) is 17.6 Å². The highest BCUT2D eigenvalue weighted by molar-refractivity contribution is 7.13. The van der Waals surface area contributed by atoms with Gasteiger partial charge in [0, 0.05) is 24.7 Å². The number of hydrogen-bond acceptors (Lipinski definition) is 6. The van der Waals surface area contributed by atoms with E-state index < -0.39 is 0 Å². The van der Waals surface area contributed by atoms with Crippen molar-refractivity contribution in [1.29, 1.82) is 0 Å². The van der Waals surface area contributed by atoms with Crippen molar-refractivity contribution in [2.24, 2.45) is 0 Å². The Balaban J connectivity index is 1.58. The number of thiophene rings is 1. The molecule has 1 N–H and O–H groups in total. The molecule has 7 nitrogen and oxygen atoms in total. The van der Waals surface area contributed by atoms with Gasteiger partial charge in [-0.2, -0.15) is 5.10 Å². The Kier molecular flexibility index (Phi) is 4.27. The number of aryl methyl sites for hydroxylation is 1. The fourth-order valence-electron chi connectivity index (χ4n) is 3.16. The minimum absolute atomic E-state index is 0.117. The minimum Gasteiger partial charge on any atom is -0.335 e. The molecule has 0 spiro atoms. The van der Waals surface area contributed by atoms with Crippen LogP contribution in [0, 0.1) is 6.92 Å². The Morgan fingerprint density at radius 1 is 1.40 bits per heavy atom. The summed E-state index contributed by atoms with van der Waals surface area (Å²) < 4.78 is 0. The highest BCUT2D eigenvalue weighted by atomic mass is 32.1. The minimum atomic E-state index is -0.117. The molecule has 1 atom stereocenters. The van der Waals surface area contributed by atoms with Gasteiger partial charge in [-0.25, -0.2) is 15.0 Å². The second kappa shape index (κ2) is 6.72. The van der Waals surface area contributed by atoms with Crippen LogP contribution < -0.4 is 0 Å². The lowest BCUT2D eigenvalue weighted by molar-refractivity contribution is 0.0692. The monoisotopic (exact) mass is 354 g/mol. The molecule has 3 aromatic rings. The Bertz CT molecular complexity index is 861. The fourth-order valence-corrected chi connectivity index (χ4v) is 3.84. The van der Waals surface area contributed by atoms with Gasteiger partial charge in [-0.15, -0.1) is 11.3 Å². The lowest BCUT2D eigenvalue weighted by atomic mass is 9.96. The summed E-state index contributed by atoms with van der Waals surface area (Å²) in [6.07, 6.45) is 3.26. The quantitative estimate of drug-likeness (QED) is 0.781. The second-order valence-corrected chi connectivity index (χ2v) is 7.10. The molecule has 0 aromatic carbocycles. The van der Waals surface area contributed by atoms with Gasteiger partial charge in [-0.3, -0.25) is 9.89 Å². The van der Waals surface area contributed by atoms with Crippen LogP contribution in [0.4, 0.5) is 0 Å². The number of aromatic nitrogens is 5. The molecule has 25 heavy (non-hydrogen) atoms. The number of aromatic amines is 1. The zero-order valence-electron chi connectivity index (χ0n) is 13.8. The van der Waals surface area contributed by atoms with Crippen molar-refractivity contribution in [1.82, 2.24) is 30.0 Å². The maximum absolute atomic E-state index is 12.5. The molecule has 1 fully saturated rings. The first-order chi connectivity index (χ1) is 12.2. The van der Waals surface area contributed by atoms with E-state index in [0.29, 0.717) is 6.54 Å². The van der Waals surface area contributed by atoms with Gasteiger partial charge >= 0.3 is 0 Å². The van der Waals surface area contributed by atoms with Crippen LogP contribution in [0.2, 0.25) is 0 Å². The number of piperidine rings is 1. The summed E-state index contributed by atoms with van der Waals surface area (Å²) in [6.45, 7) is 3.31. The number of amides is 1. The summed E-state index contributed by atoms with van der Waals surface area (Å²) in [6, 6.07) is 6.10. The van der Waals surface area contributed by atoms with E-state index in [1.807, 2.05) is 29.3 Å². The van der Waals surface area contributed by atoms with Crippen LogP contribution in [-0.4, -0.2) is 49.0 Å². The Morgan fingerprint density at radius 3 is 3.08 bits per heavy atom. The SMILES string of the molecule is Cc1cc(-c2cccs2)nc(C2CCCN(C(=O)c3ncn[nH]3)C2)n1. The largest absolute Gasteiger partial charge is 0.335 e. The number of carbonyl (C=O) groups excluding carboxylic acids is 1. The van der Waals surface area contributed by atoms with E-state index in [9.17, 15) is 4.79 Å². The topological polar surface area (TPSA) is 87.7 Å². The average Bonchev–Trinajstić information content (AvgIpc) is 3.34. The number of carbonyl (C=O) groups is 1. The van der Waals surface area contributed by atoms with Crippen LogP contribution in [0.15, 0.2) is 29.9 Å². The first kappa shape index (κ1) is 15.9. The van der Waals surface area contributed by atoms with Gasteiger partial charge in [-0.05, 0) is 37.3 Å². The maximum atomic E-state index is 12.5. The molecule has 0 aliphatic carbocycles. The van der Waals surface area contributed by atoms with Gasteiger partial charge < -0.3 is 4.90 Å². The van der Waals surface area contributed by atoms with E-state index in [1.165, 1.54) is 6.33 Å². The molecule has 0 radical (unpaired) electrons. The van der Waals surface area contributed by atoms with Crippen LogP contribution in [0.3, 0.4) is 0 Å². The number of rotatable bonds is 3. The van der Waals surface area contributed by atoms with Gasteiger partial charge in [0.1, 0.15) is 12.2 Å². The van der Waals surface area contributed by atoms with Crippen LogP contribution in [-0.2, 0) is 0 Å². The number of H-pyrrole nitrogens is 1. The van der Waals surface area contributed by atoms with Crippen molar-refractivity contribution in [2.75, 3.05) is 13.1 Å². The first-order valence-corrected chi connectivity index (χ1v) is 9.13. The summed E-state index contributed by atoms with van der Waals surface area (Å²) in [7, 11) is 0. The third kappa shape index (κ3) is 3.30. The van der Waals surface area contributed by atoms with Gasteiger partial charge in [-0.1, -0.05) is 6.07 Å². The molecule has 0 saturated carbocycles. The standard InChI is InChI=1S/C17H18N6OS/c1-11-8-13(14-5-3-7-25-14)21-15(20-11)12-4-2-6-23(9-12)17(24)16-18-10-19-22-16/h3,5,7-8,10,12H,2,4,6,9H2,1H3,(H,18,19,22). The molecule has 3 aromatic heterocycles. The highest BCUT2D eigenvalue weighted by Crippen LogP contribution is 2.29. The van der Waals surface area contributed by atoms with Crippen LogP contribution >= 0.6 is 11.3 Å². The van der Waals surface area contributed by atoms with Gasteiger partial charge in [0.25, 0.3) is 5.91 Å². The zero-order chi connectivity index (χ0) is 17.2. The van der Waals surface area contributed by atoms with E-state index in [0.717, 1.165) is 41.5 Å². The number of nitrogens with one attached hydrogen (secondary N) is 1. The molecule has 0 bridgehead atoms. The Hall–Kier alpha value is -2.61. The van der Waals surface area contributed by atoms with E-state index in [1.54, 1.807) is 11.3 Å². The predicted molar refractivity (Wildman–Crippen MR) is 94.3 cm³/mol. The lowest BCUT2D eigenvalue weighted by Gasteiger charge is -2.31. The van der Waals surface area contributed by atoms with Crippen molar-refractivity contribution in [3.63, 3.8) is 0 Å². The molecule has 1 aliphatic heterocycles. The Morgan fingerprint density at radius 2 is 2.32 bits per heavy atom. The summed E-state index contributed by atoms with van der Waals surface area (Å²) in [5.41, 5.74) is 1.91. The van der Waals surface area contributed by atoms with Crippen LogP contribution in [0.25, 0.3) is 10.6 Å². The number of nitrogens with zero attached hydrogens (tertiary/aromatic N) is 5. The molecule has 1 amide bonds. The average molecular weight is 354 g/mol. The highest BCUT2D eigenvalue weighted by Gasteiger charge is 2.28. The molecule has 8 heteroatoms. The summed E-state index contributed by atoms with van der Waals surface area (Å²) in [5, 5.41) is 8.45. The number of likely N-dealkylation sites (tertiary alicyclic amines) is 1. The third-order valence-electron chi connectivity index (χ3n) is 4.34. The predicted octanol–water partition coefficient (Wildman–Crippen LogP) is 2.65. The van der Waals surface area contributed by atoms with Gasteiger partial charge in [0.05, 0.1) is 10.6 Å². The van der Waals surface area contributed by atoms with E-state index in [4.69, 9.17) is 4.98 Å². The molecule has 4 rings (SSSR count). The summed E-state index contributed by atoms with van der Waals surface area (Å²) in [4.78, 5) is 28.8. The van der Waals surface area contributed by atoms with Crippen molar-refractivity contribution in [2.45, 2.75) is 25.7 Å². The first-order valence-electron chi connectivity index (χ1n) is 8.25. The number of hydrogen-bond donors (Lipinski definition) is 1. The summed E-state index contributed by atoms with van der Waals surface area (Å²) in [5.74, 6) is 1.12. The molecule has 128 valence electrons. The molecular formula is C17H18N6OS. The molecule has 1 saturated heterocycles. The second-order valence-electron chi connectivity index (χ2n) is 6.15. The Labute approximate surface area is 149 Å². The molecule has 1 aliphatic rings. The van der Waals surface area contributed by atoms with Gasteiger partial charge in [0.15, 0.2) is 0 Å². The summed E-state index contributed by atoms with van der Waals surface area (Å²) >= 11 is 1.67. The van der Waals surface area contributed by atoms with Gasteiger partial charge in [0.2, 0.25) is 5.82 Å². The maximum Gasteiger partial charge on any atom is 0.291 e. The molecular weight excluding hydrogens is 336 g/mol. The normalized spacial score (nSPS) is 17.6. The van der Waals surface area contributed by atoms with Crippen LogP contribution in [0.5, 0.6) is 0 Å². The lowest BCUT2D eigenvalue weighted by Crippen LogP contribution is -2.40. The third-order valence-corrected chi connectivity index (χ3v) is 5.23. The smallest absolute Gasteiger partial charge is 0.291 e. The zero-order valence-corrected chi connectivity index (χ0v) is 14.7. The molecule has 4 heterocycles. The van der Waals surface area contributed by atoms with Crippen molar-refractivity contribution in [3.05, 3.63) is 47.2 Å². The van der Waals surface area contributed by atoms with E-state index in [2.05, 4.69) is 26.2 Å². The molecule has 1 unspecified atom stereocenters. The van der Waals surface area contributed by atoms with E-state index >= 15 is 0 Å². The van der Waals surface area contributed by atoms with Crippen LogP contribution in [0.1, 0.15) is 40.9 Å². The van der Waals surface area contributed by atoms with Crippen molar-refractivity contribution in [3.8, 4) is 10.6 Å². The van der Waals surface area contributed by atoms with Crippen molar-refractivity contribution >= 4 is 17.2 Å². The van der Waals surface area contributed by atoms with Crippen molar-refractivity contribution < 1.29 is 4.79 Å².